The number of thioether (sulfide) groups is 1. The number of amides is 3. The predicted octanol–water partition coefficient (Wildman–Crippen LogP) is 0.00150. The molecule has 2 aliphatic rings. The molecule has 2 rings (SSSR count). The van der Waals surface area contributed by atoms with Gasteiger partial charge >= 0.3 is 6.03 Å². The fourth-order valence-corrected chi connectivity index (χ4v) is 3.54. The Morgan fingerprint density at radius 1 is 1.45 bits per heavy atom. The Morgan fingerprint density at radius 3 is 3.00 bits per heavy atom. The van der Waals surface area contributed by atoms with Crippen molar-refractivity contribution in [2.45, 2.75) is 31.8 Å². The molecule has 2 atom stereocenters. The Balaban J connectivity index is 1.68. The minimum absolute atomic E-state index is 0.0328. The van der Waals surface area contributed by atoms with Gasteiger partial charge < -0.3 is 20.9 Å². The van der Waals surface area contributed by atoms with Gasteiger partial charge in [0.25, 0.3) is 0 Å². The smallest absolute Gasteiger partial charge is 0.317 e. The van der Waals surface area contributed by atoms with E-state index in [0.29, 0.717) is 26.1 Å². The second-order valence-electron chi connectivity index (χ2n) is 5.26. The summed E-state index contributed by atoms with van der Waals surface area (Å²) in [5, 5.41) is 9.19. The van der Waals surface area contributed by atoms with Crippen molar-refractivity contribution in [3.8, 4) is 0 Å². The number of carbonyl (C=O) groups excluding carboxylic acids is 2. The molecule has 3 N–H and O–H groups in total. The highest BCUT2D eigenvalue weighted by molar-refractivity contribution is 7.99. The van der Waals surface area contributed by atoms with Crippen molar-refractivity contribution >= 4 is 23.7 Å². The molecule has 20 heavy (non-hydrogen) atoms. The fraction of sp³-hybridized carbons (Fsp3) is 0.846. The van der Waals surface area contributed by atoms with Crippen LogP contribution in [0, 0.1) is 0 Å². The van der Waals surface area contributed by atoms with Gasteiger partial charge in [0.05, 0.1) is 0 Å². The van der Waals surface area contributed by atoms with Gasteiger partial charge in [0.1, 0.15) is 0 Å². The maximum atomic E-state index is 12.0. The molecule has 2 fully saturated rings. The zero-order valence-corrected chi connectivity index (χ0v) is 12.8. The molecule has 2 saturated heterocycles. The second-order valence-corrected chi connectivity index (χ2v) is 6.41. The summed E-state index contributed by atoms with van der Waals surface area (Å²) in [5.74, 6) is 2.22. The number of rotatable bonds is 4. The molecule has 0 bridgehead atoms. The van der Waals surface area contributed by atoms with Crippen molar-refractivity contribution in [3.05, 3.63) is 0 Å². The minimum Gasteiger partial charge on any atom is -0.351 e. The first kappa shape index (κ1) is 15.4. The summed E-state index contributed by atoms with van der Waals surface area (Å²) in [4.78, 5) is 25.4. The Hall–Kier alpha value is -0.950. The Kier molecular flexibility index (Phi) is 5.97. The van der Waals surface area contributed by atoms with Crippen molar-refractivity contribution in [1.29, 1.82) is 0 Å². The molecular weight excluding hydrogens is 276 g/mol. The lowest BCUT2D eigenvalue weighted by molar-refractivity contribution is -0.122. The molecule has 7 heteroatoms. The van der Waals surface area contributed by atoms with E-state index in [4.69, 9.17) is 0 Å². The van der Waals surface area contributed by atoms with E-state index < -0.39 is 0 Å². The highest BCUT2D eigenvalue weighted by Crippen LogP contribution is 2.12. The molecule has 0 saturated carbocycles. The molecule has 114 valence electrons. The van der Waals surface area contributed by atoms with Crippen LogP contribution in [0.3, 0.4) is 0 Å². The molecule has 0 aromatic rings. The molecule has 6 nitrogen and oxygen atoms in total. The lowest BCUT2D eigenvalue weighted by Crippen LogP contribution is -2.45. The Bertz CT molecular complexity index is 347. The van der Waals surface area contributed by atoms with Gasteiger partial charge in [-0.1, -0.05) is 0 Å². The fourth-order valence-electron chi connectivity index (χ4n) is 2.59. The molecule has 0 radical (unpaired) electrons. The summed E-state index contributed by atoms with van der Waals surface area (Å²) in [6, 6.07) is 0.352. The van der Waals surface area contributed by atoms with Crippen LogP contribution in [-0.2, 0) is 4.79 Å². The van der Waals surface area contributed by atoms with Gasteiger partial charge in [-0.05, 0) is 13.3 Å². The van der Waals surface area contributed by atoms with Crippen LogP contribution in [-0.4, -0.2) is 66.6 Å². The van der Waals surface area contributed by atoms with E-state index in [2.05, 4.69) is 16.0 Å². The Labute approximate surface area is 124 Å². The molecule has 2 aliphatic heterocycles. The number of hydrogen-bond acceptors (Lipinski definition) is 4. The third-order valence-corrected chi connectivity index (χ3v) is 4.73. The van der Waals surface area contributed by atoms with Gasteiger partial charge in [-0.2, -0.15) is 11.8 Å². The average molecular weight is 300 g/mol. The molecule has 0 aromatic heterocycles. The zero-order valence-electron chi connectivity index (χ0n) is 12.0. The minimum atomic E-state index is -0.0328. The number of likely N-dealkylation sites (tertiary alicyclic amines) is 1. The SMILES string of the molecule is CCNC(=O)N1CCC(NC(=O)CC2CSCCN2)C1. The largest absolute Gasteiger partial charge is 0.351 e. The lowest BCUT2D eigenvalue weighted by Gasteiger charge is -2.23. The first-order chi connectivity index (χ1) is 9.69. The predicted molar refractivity (Wildman–Crippen MR) is 80.9 cm³/mol. The monoisotopic (exact) mass is 300 g/mol. The van der Waals surface area contributed by atoms with Gasteiger partial charge in [0.15, 0.2) is 0 Å². The van der Waals surface area contributed by atoms with E-state index in [0.717, 1.165) is 24.5 Å². The van der Waals surface area contributed by atoms with Gasteiger partial charge in [0.2, 0.25) is 5.91 Å². The topological polar surface area (TPSA) is 73.5 Å². The van der Waals surface area contributed by atoms with Crippen molar-refractivity contribution in [1.82, 2.24) is 20.9 Å². The summed E-state index contributed by atoms with van der Waals surface area (Å²) >= 11 is 1.89. The van der Waals surface area contributed by atoms with Crippen LogP contribution in [0.1, 0.15) is 19.8 Å². The number of nitrogens with one attached hydrogen (secondary N) is 3. The molecule has 3 amide bonds. The van der Waals surface area contributed by atoms with Crippen molar-refractivity contribution in [2.24, 2.45) is 0 Å². The third kappa shape index (κ3) is 4.56. The standard InChI is InChI=1S/C13H24N4O2S/c1-2-14-13(19)17-5-3-10(8-17)16-12(18)7-11-9-20-6-4-15-11/h10-11,15H,2-9H2,1H3,(H,14,19)(H,16,18). The molecule has 2 unspecified atom stereocenters. The van der Waals surface area contributed by atoms with Gasteiger partial charge in [-0.15, -0.1) is 0 Å². The maximum Gasteiger partial charge on any atom is 0.317 e. The van der Waals surface area contributed by atoms with Crippen LogP contribution in [0.5, 0.6) is 0 Å². The summed E-state index contributed by atoms with van der Waals surface area (Å²) in [7, 11) is 0. The van der Waals surface area contributed by atoms with Crippen LogP contribution in [0.4, 0.5) is 4.79 Å². The molecule has 0 spiro atoms. The summed E-state index contributed by atoms with van der Waals surface area (Å²) < 4.78 is 0. The van der Waals surface area contributed by atoms with E-state index >= 15 is 0 Å². The van der Waals surface area contributed by atoms with Crippen LogP contribution in [0.25, 0.3) is 0 Å². The van der Waals surface area contributed by atoms with Crippen molar-refractivity contribution in [2.75, 3.05) is 37.7 Å². The Morgan fingerprint density at radius 2 is 2.30 bits per heavy atom. The van der Waals surface area contributed by atoms with Gasteiger partial charge in [-0.25, -0.2) is 4.79 Å². The van der Waals surface area contributed by atoms with E-state index in [9.17, 15) is 9.59 Å². The van der Waals surface area contributed by atoms with Crippen LogP contribution in [0.15, 0.2) is 0 Å². The normalized spacial score (nSPS) is 26.4. The summed E-state index contributed by atoms with van der Waals surface area (Å²) in [5.41, 5.74) is 0. The number of nitrogens with zero attached hydrogens (tertiary/aromatic N) is 1. The summed E-state index contributed by atoms with van der Waals surface area (Å²) in [6.07, 6.45) is 1.38. The van der Waals surface area contributed by atoms with Gasteiger partial charge in [0, 0.05) is 56.2 Å². The quantitative estimate of drug-likeness (QED) is 0.683. The third-order valence-electron chi connectivity index (χ3n) is 3.60. The van der Waals surface area contributed by atoms with E-state index in [1.165, 1.54) is 0 Å². The summed E-state index contributed by atoms with van der Waals surface area (Å²) in [6.45, 7) is 4.86. The van der Waals surface area contributed by atoms with Crippen molar-refractivity contribution in [3.63, 3.8) is 0 Å². The lowest BCUT2D eigenvalue weighted by atomic mass is 10.2. The number of urea groups is 1. The number of hydrogen-bond donors (Lipinski definition) is 3. The second kappa shape index (κ2) is 7.73. The van der Waals surface area contributed by atoms with E-state index in [-0.39, 0.29) is 24.0 Å². The number of carbonyl (C=O) groups is 2. The molecule has 0 aliphatic carbocycles. The van der Waals surface area contributed by atoms with Crippen LogP contribution in [0.2, 0.25) is 0 Å². The van der Waals surface area contributed by atoms with Crippen LogP contribution >= 0.6 is 11.8 Å². The van der Waals surface area contributed by atoms with Gasteiger partial charge in [-0.3, -0.25) is 4.79 Å². The van der Waals surface area contributed by atoms with Crippen molar-refractivity contribution < 1.29 is 9.59 Å². The average Bonchev–Trinajstić information content (AvgIpc) is 2.88. The molecule has 2 heterocycles. The zero-order chi connectivity index (χ0) is 14.4. The maximum absolute atomic E-state index is 12.0. The van der Waals surface area contributed by atoms with E-state index in [1.807, 2.05) is 18.7 Å². The van der Waals surface area contributed by atoms with E-state index in [1.54, 1.807) is 4.90 Å². The first-order valence-electron chi connectivity index (χ1n) is 7.32. The molecular formula is C13H24N4O2S. The van der Waals surface area contributed by atoms with Crippen LogP contribution < -0.4 is 16.0 Å². The highest BCUT2D eigenvalue weighted by atomic mass is 32.2. The molecule has 0 aromatic carbocycles. The highest BCUT2D eigenvalue weighted by Gasteiger charge is 2.27. The first-order valence-corrected chi connectivity index (χ1v) is 8.47.